The second-order valence-corrected chi connectivity index (χ2v) is 1.98. The maximum Gasteiger partial charge on any atom is 0.0410 e. The molecule has 0 aliphatic rings. The van der Waals surface area contributed by atoms with E-state index >= 15 is 0 Å². The molecule has 0 amide bonds. The number of allylic oxidation sites excluding steroid dienone is 2. The predicted molar refractivity (Wildman–Crippen MR) is 53.6 cm³/mol. The summed E-state index contributed by atoms with van der Waals surface area (Å²) in [5.74, 6) is 0. The monoisotopic (exact) mass is 155 g/mol. The molecule has 0 aromatic rings. The van der Waals surface area contributed by atoms with Gasteiger partial charge in [-0.2, -0.15) is 0 Å². The minimum atomic E-state index is 0.450. The topological polar surface area (TPSA) is 12.0 Å². The highest BCUT2D eigenvalue weighted by Crippen LogP contribution is 1.82. The Morgan fingerprint density at radius 1 is 1.09 bits per heavy atom. The van der Waals surface area contributed by atoms with E-state index in [9.17, 15) is 0 Å². The molecule has 0 spiro atoms. The first-order valence-corrected chi connectivity index (χ1v) is 4.31. The first-order valence-electron chi connectivity index (χ1n) is 4.31. The average Bonchev–Trinajstić information content (AvgIpc) is 2.05. The number of rotatable bonds is 3. The molecule has 0 aliphatic heterocycles. The van der Waals surface area contributed by atoms with Gasteiger partial charge in [0.05, 0.1) is 0 Å². The zero-order valence-electron chi connectivity index (χ0n) is 8.39. The van der Waals surface area contributed by atoms with E-state index < -0.39 is 0 Å². The lowest BCUT2D eigenvalue weighted by atomic mass is 10.3. The molecule has 0 fully saturated rings. The molecule has 0 saturated carbocycles. The van der Waals surface area contributed by atoms with Crippen LogP contribution >= 0.6 is 0 Å². The second-order valence-electron chi connectivity index (χ2n) is 1.98. The summed E-state index contributed by atoms with van der Waals surface area (Å²) < 4.78 is 0. The van der Waals surface area contributed by atoms with Crippen LogP contribution in [0.5, 0.6) is 0 Å². The SMILES string of the molecule is C/C=C\NC(C)/C=C\C.CC. The Morgan fingerprint density at radius 3 is 2.00 bits per heavy atom. The molecule has 0 heterocycles. The summed E-state index contributed by atoms with van der Waals surface area (Å²) >= 11 is 0. The summed E-state index contributed by atoms with van der Waals surface area (Å²) in [7, 11) is 0. The highest BCUT2D eigenvalue weighted by molar-refractivity contribution is 4.91. The van der Waals surface area contributed by atoms with Crippen LogP contribution in [0.4, 0.5) is 0 Å². The Hall–Kier alpha value is -0.720. The average molecular weight is 155 g/mol. The fourth-order valence-corrected chi connectivity index (χ4v) is 0.592. The van der Waals surface area contributed by atoms with Gasteiger partial charge in [0.2, 0.25) is 0 Å². The van der Waals surface area contributed by atoms with Gasteiger partial charge < -0.3 is 5.32 Å². The van der Waals surface area contributed by atoms with Crippen molar-refractivity contribution in [1.29, 1.82) is 0 Å². The van der Waals surface area contributed by atoms with Crippen molar-refractivity contribution in [2.45, 2.75) is 40.7 Å². The van der Waals surface area contributed by atoms with Crippen LogP contribution in [-0.2, 0) is 0 Å². The molecule has 1 nitrogen and oxygen atoms in total. The molecular formula is C10H21N. The van der Waals surface area contributed by atoms with Crippen LogP contribution in [0.25, 0.3) is 0 Å². The van der Waals surface area contributed by atoms with Gasteiger partial charge in [-0.15, -0.1) is 0 Å². The first-order chi connectivity index (χ1) is 5.31. The normalized spacial score (nSPS) is 12.8. The van der Waals surface area contributed by atoms with Crippen molar-refractivity contribution in [1.82, 2.24) is 5.32 Å². The van der Waals surface area contributed by atoms with Gasteiger partial charge in [0.1, 0.15) is 0 Å². The van der Waals surface area contributed by atoms with Crippen LogP contribution in [0.3, 0.4) is 0 Å². The Labute approximate surface area is 71.2 Å². The van der Waals surface area contributed by atoms with E-state index in [1.165, 1.54) is 0 Å². The van der Waals surface area contributed by atoms with Gasteiger partial charge >= 0.3 is 0 Å². The molecule has 0 bridgehead atoms. The molecule has 1 atom stereocenters. The molecule has 0 aromatic carbocycles. The lowest BCUT2D eigenvalue weighted by Crippen LogP contribution is -2.16. The van der Waals surface area contributed by atoms with Crippen molar-refractivity contribution in [2.75, 3.05) is 0 Å². The molecule has 66 valence electrons. The lowest BCUT2D eigenvalue weighted by Gasteiger charge is -2.03. The van der Waals surface area contributed by atoms with Crippen LogP contribution in [0, 0.1) is 0 Å². The zero-order chi connectivity index (χ0) is 9.11. The molecule has 11 heavy (non-hydrogen) atoms. The molecule has 1 unspecified atom stereocenters. The van der Waals surface area contributed by atoms with Crippen LogP contribution in [0.1, 0.15) is 34.6 Å². The van der Waals surface area contributed by atoms with Crippen molar-refractivity contribution >= 4 is 0 Å². The van der Waals surface area contributed by atoms with Crippen molar-refractivity contribution in [3.8, 4) is 0 Å². The van der Waals surface area contributed by atoms with Gasteiger partial charge in [-0.25, -0.2) is 0 Å². The van der Waals surface area contributed by atoms with E-state index in [-0.39, 0.29) is 0 Å². The number of nitrogens with one attached hydrogen (secondary N) is 1. The van der Waals surface area contributed by atoms with Crippen molar-refractivity contribution in [2.24, 2.45) is 0 Å². The molecule has 0 saturated heterocycles. The van der Waals surface area contributed by atoms with Gasteiger partial charge in [-0.1, -0.05) is 32.1 Å². The standard InChI is InChI=1S/C8H15N.C2H6/c1-4-6-8(3)9-7-5-2;1-2/h4-9H,1-3H3;1-2H3/b6-4-,7-5-;. The summed E-state index contributed by atoms with van der Waals surface area (Å²) in [4.78, 5) is 0. The Morgan fingerprint density at radius 2 is 1.64 bits per heavy atom. The summed E-state index contributed by atoms with van der Waals surface area (Å²) in [5, 5.41) is 3.17. The van der Waals surface area contributed by atoms with E-state index in [4.69, 9.17) is 0 Å². The van der Waals surface area contributed by atoms with E-state index in [1.54, 1.807) is 0 Å². The van der Waals surface area contributed by atoms with Crippen molar-refractivity contribution < 1.29 is 0 Å². The summed E-state index contributed by atoms with van der Waals surface area (Å²) in [5.41, 5.74) is 0. The third-order valence-corrected chi connectivity index (χ3v) is 1.01. The third-order valence-electron chi connectivity index (χ3n) is 1.01. The van der Waals surface area contributed by atoms with Crippen LogP contribution < -0.4 is 5.32 Å². The van der Waals surface area contributed by atoms with Gasteiger partial charge in [0.25, 0.3) is 0 Å². The summed E-state index contributed by atoms with van der Waals surface area (Å²) in [6.45, 7) is 10.1. The smallest absolute Gasteiger partial charge is 0.0410 e. The highest BCUT2D eigenvalue weighted by atomic mass is 14.9. The van der Waals surface area contributed by atoms with Crippen LogP contribution in [0.2, 0.25) is 0 Å². The molecule has 1 heteroatoms. The van der Waals surface area contributed by atoms with E-state index in [0.717, 1.165) is 0 Å². The largest absolute Gasteiger partial charge is 0.385 e. The summed E-state index contributed by atoms with van der Waals surface area (Å²) in [6, 6.07) is 0.450. The first kappa shape index (κ1) is 12.9. The molecule has 0 aromatic heterocycles. The van der Waals surface area contributed by atoms with Crippen molar-refractivity contribution in [3.05, 3.63) is 24.4 Å². The van der Waals surface area contributed by atoms with E-state index in [2.05, 4.69) is 18.3 Å². The van der Waals surface area contributed by atoms with Gasteiger partial charge in [0.15, 0.2) is 0 Å². The minimum absolute atomic E-state index is 0.450. The van der Waals surface area contributed by atoms with Gasteiger partial charge in [-0.05, 0) is 27.0 Å². The van der Waals surface area contributed by atoms with Crippen molar-refractivity contribution in [3.63, 3.8) is 0 Å². The highest BCUT2D eigenvalue weighted by Gasteiger charge is 1.85. The van der Waals surface area contributed by atoms with Crippen LogP contribution in [-0.4, -0.2) is 6.04 Å². The molecule has 0 rings (SSSR count). The van der Waals surface area contributed by atoms with Gasteiger partial charge in [0, 0.05) is 6.04 Å². The Bertz CT molecular complexity index is 103. The quantitative estimate of drug-likeness (QED) is 0.617. The minimum Gasteiger partial charge on any atom is -0.385 e. The van der Waals surface area contributed by atoms with E-state index in [1.807, 2.05) is 46.0 Å². The van der Waals surface area contributed by atoms with Crippen LogP contribution in [0.15, 0.2) is 24.4 Å². The van der Waals surface area contributed by atoms with E-state index in [0.29, 0.717) is 6.04 Å². The zero-order valence-corrected chi connectivity index (χ0v) is 8.39. The maximum atomic E-state index is 3.17. The Kier molecular flexibility index (Phi) is 14.1. The molecular weight excluding hydrogens is 134 g/mol. The van der Waals surface area contributed by atoms with Gasteiger partial charge in [-0.3, -0.25) is 0 Å². The predicted octanol–water partition coefficient (Wildman–Crippen LogP) is 3.10. The fourth-order valence-electron chi connectivity index (χ4n) is 0.592. The molecule has 0 radical (unpaired) electrons. The number of hydrogen-bond donors (Lipinski definition) is 1. The second kappa shape index (κ2) is 12.0. The Balaban J connectivity index is 0. The fraction of sp³-hybridized carbons (Fsp3) is 0.600. The number of hydrogen-bond acceptors (Lipinski definition) is 1. The summed E-state index contributed by atoms with van der Waals surface area (Å²) in [6.07, 6.45) is 8.09. The third kappa shape index (κ3) is 12.5. The molecule has 0 aliphatic carbocycles. The lowest BCUT2D eigenvalue weighted by molar-refractivity contribution is 0.768. The maximum absolute atomic E-state index is 3.17. The molecule has 1 N–H and O–H groups in total.